The van der Waals surface area contributed by atoms with Crippen molar-refractivity contribution in [3.05, 3.63) is 18.1 Å². The zero-order chi connectivity index (χ0) is 11.4. The smallest absolute Gasteiger partial charge is 0.241 e. The van der Waals surface area contributed by atoms with Gasteiger partial charge in [0.25, 0.3) is 0 Å². The molecule has 0 atom stereocenters. The Labute approximate surface area is 93.5 Å². The Bertz CT molecular complexity index is 467. The number of aromatic nitrogens is 3. The maximum Gasteiger partial charge on any atom is 0.241 e. The molecule has 0 aromatic carbocycles. The Morgan fingerprint density at radius 1 is 1.44 bits per heavy atom. The molecule has 0 saturated heterocycles. The molecule has 2 rings (SSSR count). The van der Waals surface area contributed by atoms with Gasteiger partial charge in [-0.25, -0.2) is 4.98 Å². The minimum atomic E-state index is -0.0363. The van der Waals surface area contributed by atoms with E-state index in [1.54, 1.807) is 6.20 Å². The maximum absolute atomic E-state index is 9.11. The summed E-state index contributed by atoms with van der Waals surface area (Å²) in [6.07, 6.45) is 5.27. The quantitative estimate of drug-likeness (QED) is 0.753. The van der Waals surface area contributed by atoms with Crippen LogP contribution in [-0.2, 0) is 6.61 Å². The van der Waals surface area contributed by atoms with Gasteiger partial charge in [-0.15, -0.1) is 0 Å². The average Bonchev–Trinajstić information content (AvgIpc) is 2.73. The van der Waals surface area contributed by atoms with Crippen LogP contribution in [0, 0.1) is 0 Å². The molecular weight excluding hydrogens is 206 g/mol. The number of nitrogens with one attached hydrogen (secondary N) is 1. The third kappa shape index (κ3) is 1.99. The molecule has 0 amide bonds. The van der Waals surface area contributed by atoms with Gasteiger partial charge in [0, 0.05) is 11.8 Å². The molecule has 2 N–H and O–H groups in total. The summed E-state index contributed by atoms with van der Waals surface area (Å²) in [5.41, 5.74) is 2.24. The summed E-state index contributed by atoms with van der Waals surface area (Å²) in [7, 11) is 0. The Morgan fingerprint density at radius 2 is 2.31 bits per heavy atom. The number of hydrogen-bond acceptors (Lipinski definition) is 4. The lowest BCUT2D eigenvalue weighted by atomic mass is 10.3. The van der Waals surface area contributed by atoms with Crippen LogP contribution in [0.3, 0.4) is 0 Å². The minimum absolute atomic E-state index is 0.0363. The van der Waals surface area contributed by atoms with Crippen LogP contribution in [0.4, 0.5) is 0 Å². The van der Waals surface area contributed by atoms with Crippen LogP contribution in [0.5, 0.6) is 5.88 Å². The number of hydrogen-bond donors (Lipinski definition) is 2. The van der Waals surface area contributed by atoms with Crippen molar-refractivity contribution in [1.82, 2.24) is 15.0 Å². The van der Waals surface area contributed by atoms with Crippen LogP contribution < -0.4 is 4.74 Å². The van der Waals surface area contributed by atoms with E-state index < -0.39 is 0 Å². The number of aromatic amines is 1. The highest BCUT2D eigenvalue weighted by Gasteiger charge is 2.09. The van der Waals surface area contributed by atoms with Crippen LogP contribution in [0.15, 0.2) is 12.5 Å². The summed E-state index contributed by atoms with van der Waals surface area (Å²) in [4.78, 5) is 11.2. The van der Waals surface area contributed by atoms with Gasteiger partial charge in [-0.2, -0.15) is 4.98 Å². The van der Waals surface area contributed by atoms with E-state index in [0.29, 0.717) is 12.5 Å². The molecule has 16 heavy (non-hydrogen) atoms. The SMILES string of the molecule is CCCCOc1ncnc2c(CO)c[nH]c12. The third-order valence-electron chi connectivity index (χ3n) is 2.41. The first-order chi connectivity index (χ1) is 7.86. The van der Waals surface area contributed by atoms with Crippen LogP contribution in [-0.4, -0.2) is 26.7 Å². The van der Waals surface area contributed by atoms with Crippen molar-refractivity contribution in [2.75, 3.05) is 6.61 Å². The van der Waals surface area contributed by atoms with Gasteiger partial charge < -0.3 is 14.8 Å². The fourth-order valence-electron chi connectivity index (χ4n) is 1.51. The summed E-state index contributed by atoms with van der Waals surface area (Å²) in [5.74, 6) is 0.554. The Kier molecular flexibility index (Phi) is 3.36. The molecular formula is C11H15N3O2. The van der Waals surface area contributed by atoms with Crippen LogP contribution in [0.2, 0.25) is 0 Å². The second-order valence-corrected chi connectivity index (χ2v) is 3.58. The van der Waals surface area contributed by atoms with Crippen molar-refractivity contribution >= 4 is 11.0 Å². The molecule has 2 heterocycles. The molecule has 0 saturated carbocycles. The summed E-state index contributed by atoms with van der Waals surface area (Å²) < 4.78 is 5.55. The zero-order valence-corrected chi connectivity index (χ0v) is 9.23. The van der Waals surface area contributed by atoms with Gasteiger partial charge in [-0.1, -0.05) is 13.3 Å². The first-order valence-electron chi connectivity index (χ1n) is 5.41. The minimum Gasteiger partial charge on any atom is -0.476 e. The predicted molar refractivity (Wildman–Crippen MR) is 60.2 cm³/mol. The van der Waals surface area contributed by atoms with Crippen LogP contribution in [0.25, 0.3) is 11.0 Å². The van der Waals surface area contributed by atoms with E-state index >= 15 is 0 Å². The van der Waals surface area contributed by atoms with Crippen molar-refractivity contribution in [2.45, 2.75) is 26.4 Å². The maximum atomic E-state index is 9.11. The topological polar surface area (TPSA) is 71.0 Å². The lowest BCUT2D eigenvalue weighted by molar-refractivity contribution is 0.283. The highest BCUT2D eigenvalue weighted by atomic mass is 16.5. The molecule has 2 aromatic rings. The van der Waals surface area contributed by atoms with Gasteiger partial charge in [0.2, 0.25) is 5.88 Å². The van der Waals surface area contributed by atoms with Crippen molar-refractivity contribution in [3.63, 3.8) is 0 Å². The van der Waals surface area contributed by atoms with Gasteiger partial charge >= 0.3 is 0 Å². The lowest BCUT2D eigenvalue weighted by Crippen LogP contribution is -1.99. The number of H-pyrrole nitrogens is 1. The van der Waals surface area contributed by atoms with E-state index in [9.17, 15) is 0 Å². The Balaban J connectivity index is 2.28. The van der Waals surface area contributed by atoms with Gasteiger partial charge in [0.05, 0.1) is 13.2 Å². The van der Waals surface area contributed by atoms with Crippen molar-refractivity contribution in [2.24, 2.45) is 0 Å². The zero-order valence-electron chi connectivity index (χ0n) is 9.23. The monoisotopic (exact) mass is 221 g/mol. The summed E-state index contributed by atoms with van der Waals surface area (Å²) in [6, 6.07) is 0. The number of rotatable bonds is 5. The number of fused-ring (bicyclic) bond motifs is 1. The third-order valence-corrected chi connectivity index (χ3v) is 2.41. The fraction of sp³-hybridized carbons (Fsp3) is 0.455. The summed E-state index contributed by atoms with van der Waals surface area (Å²) >= 11 is 0. The van der Waals surface area contributed by atoms with Gasteiger partial charge in [0.1, 0.15) is 17.4 Å². The number of ether oxygens (including phenoxy) is 1. The molecule has 2 aromatic heterocycles. The van der Waals surface area contributed by atoms with E-state index in [-0.39, 0.29) is 6.61 Å². The lowest BCUT2D eigenvalue weighted by Gasteiger charge is -2.04. The average molecular weight is 221 g/mol. The molecule has 0 bridgehead atoms. The molecule has 0 aliphatic heterocycles. The normalized spacial score (nSPS) is 10.9. The number of unbranched alkanes of at least 4 members (excludes halogenated alkanes) is 1. The summed E-state index contributed by atoms with van der Waals surface area (Å²) in [5, 5.41) is 9.11. The van der Waals surface area contributed by atoms with Crippen LogP contribution in [0.1, 0.15) is 25.3 Å². The van der Waals surface area contributed by atoms with Gasteiger partial charge in [-0.3, -0.25) is 0 Å². The van der Waals surface area contributed by atoms with Crippen molar-refractivity contribution in [3.8, 4) is 5.88 Å². The Morgan fingerprint density at radius 3 is 3.06 bits per heavy atom. The Hall–Kier alpha value is -1.62. The van der Waals surface area contributed by atoms with E-state index in [0.717, 1.165) is 29.4 Å². The predicted octanol–water partition coefficient (Wildman–Crippen LogP) is 1.63. The van der Waals surface area contributed by atoms with Crippen molar-refractivity contribution in [1.29, 1.82) is 0 Å². The highest BCUT2D eigenvalue weighted by molar-refractivity contribution is 5.82. The second-order valence-electron chi connectivity index (χ2n) is 3.58. The van der Waals surface area contributed by atoms with Crippen molar-refractivity contribution < 1.29 is 9.84 Å². The first kappa shape index (κ1) is 10.9. The molecule has 0 radical (unpaired) electrons. The highest BCUT2D eigenvalue weighted by Crippen LogP contribution is 2.22. The molecule has 5 nitrogen and oxygen atoms in total. The molecule has 0 fully saturated rings. The molecule has 0 unspecified atom stereocenters. The molecule has 86 valence electrons. The van der Waals surface area contributed by atoms with E-state index in [1.165, 1.54) is 6.33 Å². The standard InChI is InChI=1S/C11H15N3O2/c1-2-3-4-16-11-10-9(13-7-14-11)8(6-15)5-12-10/h5,7,12,15H,2-4,6H2,1H3. The second kappa shape index (κ2) is 4.94. The van der Waals surface area contributed by atoms with E-state index in [2.05, 4.69) is 21.9 Å². The molecule has 0 spiro atoms. The molecule has 0 aliphatic rings. The van der Waals surface area contributed by atoms with Crippen LogP contribution >= 0.6 is 0 Å². The fourth-order valence-corrected chi connectivity index (χ4v) is 1.51. The number of aliphatic hydroxyl groups is 1. The largest absolute Gasteiger partial charge is 0.476 e. The molecule has 0 aliphatic carbocycles. The summed E-state index contributed by atoms with van der Waals surface area (Å²) in [6.45, 7) is 2.72. The number of nitrogens with zero attached hydrogens (tertiary/aromatic N) is 2. The van der Waals surface area contributed by atoms with Gasteiger partial charge in [-0.05, 0) is 6.42 Å². The van der Waals surface area contributed by atoms with E-state index in [1.807, 2.05) is 0 Å². The number of aliphatic hydroxyl groups excluding tert-OH is 1. The van der Waals surface area contributed by atoms with E-state index in [4.69, 9.17) is 9.84 Å². The first-order valence-corrected chi connectivity index (χ1v) is 5.41. The molecule has 5 heteroatoms. The van der Waals surface area contributed by atoms with Gasteiger partial charge in [0.15, 0.2) is 0 Å².